The summed E-state index contributed by atoms with van der Waals surface area (Å²) in [4.78, 5) is 18.2. The van der Waals surface area contributed by atoms with Crippen LogP contribution in [-0.4, -0.2) is 17.1 Å². The zero-order valence-corrected chi connectivity index (χ0v) is 10.1. The van der Waals surface area contributed by atoms with Crippen LogP contribution in [0.25, 0.3) is 11.3 Å². The van der Waals surface area contributed by atoms with Crippen LogP contribution in [0.5, 0.6) is 5.75 Å². The quantitative estimate of drug-likeness (QED) is 0.547. The molecule has 2 rings (SSSR count). The lowest BCUT2D eigenvalue weighted by Crippen LogP contribution is -2.20. The lowest BCUT2D eigenvalue weighted by atomic mass is 10.1. The molecule has 0 fully saturated rings. The van der Waals surface area contributed by atoms with Gasteiger partial charge in [0.25, 0.3) is 5.56 Å². The average molecular weight is 257 g/mol. The Hall–Kier alpha value is -2.85. The molecule has 96 valence electrons. The number of anilines is 1. The van der Waals surface area contributed by atoms with Gasteiger partial charge in [-0.25, -0.2) is 10.8 Å². The maximum Gasteiger partial charge on any atom is 0.270 e. The van der Waals surface area contributed by atoms with Gasteiger partial charge < -0.3 is 4.74 Å². The second kappa shape index (κ2) is 5.20. The van der Waals surface area contributed by atoms with Gasteiger partial charge in [-0.05, 0) is 24.3 Å². The summed E-state index contributed by atoms with van der Waals surface area (Å²) in [6, 6.07) is 8.69. The van der Waals surface area contributed by atoms with Crippen molar-refractivity contribution in [2.75, 3.05) is 12.5 Å². The molecule has 0 amide bonds. The molecule has 7 heteroatoms. The van der Waals surface area contributed by atoms with Crippen LogP contribution < -0.4 is 21.6 Å². The van der Waals surface area contributed by atoms with Crippen molar-refractivity contribution in [1.82, 2.24) is 9.97 Å². The fraction of sp³-hybridized carbons (Fsp3) is 0.0833. The summed E-state index contributed by atoms with van der Waals surface area (Å²) in [6.45, 7) is 0. The van der Waals surface area contributed by atoms with Crippen molar-refractivity contribution >= 4 is 5.95 Å². The molecular formula is C12H11N5O2. The third kappa shape index (κ3) is 2.38. The summed E-state index contributed by atoms with van der Waals surface area (Å²) in [7, 11) is 1.55. The molecule has 0 spiro atoms. The number of aromatic nitrogens is 2. The second-order valence-electron chi connectivity index (χ2n) is 3.62. The van der Waals surface area contributed by atoms with E-state index in [1.165, 1.54) is 0 Å². The first kappa shape index (κ1) is 12.6. The summed E-state index contributed by atoms with van der Waals surface area (Å²) >= 11 is 0. The van der Waals surface area contributed by atoms with Gasteiger partial charge in [0.05, 0.1) is 12.8 Å². The Labute approximate surface area is 108 Å². The van der Waals surface area contributed by atoms with Crippen LogP contribution in [0, 0.1) is 11.3 Å². The summed E-state index contributed by atoms with van der Waals surface area (Å²) in [5.41, 5.74) is 2.53. The third-order valence-electron chi connectivity index (χ3n) is 2.53. The zero-order valence-electron chi connectivity index (χ0n) is 10.1. The van der Waals surface area contributed by atoms with Crippen molar-refractivity contribution in [3.8, 4) is 23.1 Å². The monoisotopic (exact) mass is 257 g/mol. The number of benzene rings is 1. The highest BCUT2D eigenvalue weighted by Crippen LogP contribution is 2.22. The molecule has 0 saturated carbocycles. The first-order valence-corrected chi connectivity index (χ1v) is 5.35. The van der Waals surface area contributed by atoms with Gasteiger partial charge in [-0.1, -0.05) is 0 Å². The van der Waals surface area contributed by atoms with E-state index < -0.39 is 5.56 Å². The van der Waals surface area contributed by atoms with E-state index in [2.05, 4.69) is 15.4 Å². The molecule has 1 aromatic heterocycles. The number of nitriles is 1. The molecule has 7 nitrogen and oxygen atoms in total. The SMILES string of the molecule is COc1ccc(-c2nc(NN)[nH]c(=O)c2C#N)cc1. The van der Waals surface area contributed by atoms with E-state index >= 15 is 0 Å². The fourth-order valence-corrected chi connectivity index (χ4v) is 1.60. The summed E-state index contributed by atoms with van der Waals surface area (Å²) in [6.07, 6.45) is 0. The number of rotatable bonds is 3. The number of hydrogen-bond acceptors (Lipinski definition) is 6. The van der Waals surface area contributed by atoms with Crippen molar-refractivity contribution in [1.29, 1.82) is 5.26 Å². The molecule has 0 radical (unpaired) electrons. The number of nitrogens with zero attached hydrogens (tertiary/aromatic N) is 2. The van der Waals surface area contributed by atoms with Crippen molar-refractivity contribution < 1.29 is 4.74 Å². The fourth-order valence-electron chi connectivity index (χ4n) is 1.60. The number of H-pyrrole nitrogens is 1. The highest BCUT2D eigenvalue weighted by Gasteiger charge is 2.12. The molecular weight excluding hydrogens is 246 g/mol. The molecule has 0 aliphatic rings. The van der Waals surface area contributed by atoms with Crippen LogP contribution in [0.2, 0.25) is 0 Å². The molecule has 1 heterocycles. The molecule has 2 aromatic rings. The van der Waals surface area contributed by atoms with Crippen molar-refractivity contribution in [3.05, 3.63) is 40.2 Å². The molecule has 4 N–H and O–H groups in total. The van der Waals surface area contributed by atoms with Gasteiger partial charge in [0.15, 0.2) is 0 Å². The predicted molar refractivity (Wildman–Crippen MR) is 69.4 cm³/mol. The van der Waals surface area contributed by atoms with Gasteiger partial charge in [-0.15, -0.1) is 0 Å². The van der Waals surface area contributed by atoms with E-state index in [1.807, 2.05) is 6.07 Å². The van der Waals surface area contributed by atoms with Gasteiger partial charge in [-0.2, -0.15) is 5.26 Å². The second-order valence-corrected chi connectivity index (χ2v) is 3.62. The first-order chi connectivity index (χ1) is 9.19. The minimum atomic E-state index is -0.545. The maximum absolute atomic E-state index is 11.7. The van der Waals surface area contributed by atoms with E-state index in [0.717, 1.165) is 0 Å². The minimum Gasteiger partial charge on any atom is -0.497 e. The highest BCUT2D eigenvalue weighted by atomic mass is 16.5. The van der Waals surface area contributed by atoms with Crippen molar-refractivity contribution in [2.24, 2.45) is 5.84 Å². The predicted octanol–water partition coefficient (Wildman–Crippen LogP) is 0.603. The van der Waals surface area contributed by atoms with E-state index in [-0.39, 0.29) is 17.2 Å². The van der Waals surface area contributed by atoms with Gasteiger partial charge in [-0.3, -0.25) is 15.2 Å². The number of ether oxygens (including phenoxy) is 1. The number of methoxy groups -OCH3 is 1. The lowest BCUT2D eigenvalue weighted by molar-refractivity contribution is 0.415. The van der Waals surface area contributed by atoms with Gasteiger partial charge in [0, 0.05) is 5.56 Å². The summed E-state index contributed by atoms with van der Waals surface area (Å²) < 4.78 is 5.04. The molecule has 1 aromatic carbocycles. The Kier molecular flexibility index (Phi) is 3.45. The molecule has 0 atom stereocenters. The minimum absolute atomic E-state index is 0.0656. The maximum atomic E-state index is 11.7. The normalized spacial score (nSPS) is 9.74. The highest BCUT2D eigenvalue weighted by molar-refractivity contribution is 5.67. The van der Waals surface area contributed by atoms with E-state index in [1.54, 1.807) is 31.4 Å². The van der Waals surface area contributed by atoms with Crippen LogP contribution >= 0.6 is 0 Å². The Morgan fingerprint density at radius 2 is 2.11 bits per heavy atom. The standard InChI is InChI=1S/C12H11N5O2/c1-19-8-4-2-7(3-5-8)10-9(6-13)11(18)16-12(15-10)17-14/h2-5H,14H2,1H3,(H2,15,16,17,18). The molecule has 0 bridgehead atoms. The molecule has 19 heavy (non-hydrogen) atoms. The van der Waals surface area contributed by atoms with Crippen molar-refractivity contribution in [3.63, 3.8) is 0 Å². The van der Waals surface area contributed by atoms with Crippen LogP contribution in [0.1, 0.15) is 5.56 Å². The average Bonchev–Trinajstić information content (AvgIpc) is 2.46. The van der Waals surface area contributed by atoms with Gasteiger partial charge in [0.1, 0.15) is 17.4 Å². The lowest BCUT2D eigenvalue weighted by Gasteiger charge is -2.06. The molecule has 0 aliphatic carbocycles. The number of nitrogen functional groups attached to an aromatic ring is 1. The number of aromatic amines is 1. The van der Waals surface area contributed by atoms with Crippen molar-refractivity contribution in [2.45, 2.75) is 0 Å². The topological polar surface area (TPSA) is 117 Å². The third-order valence-corrected chi connectivity index (χ3v) is 2.53. The Balaban J connectivity index is 2.62. The number of nitrogens with two attached hydrogens (primary N) is 1. The number of hydrazine groups is 1. The Bertz CT molecular complexity index is 685. The van der Waals surface area contributed by atoms with E-state index in [9.17, 15) is 4.79 Å². The number of nitrogens with one attached hydrogen (secondary N) is 2. The molecule has 0 aliphatic heterocycles. The molecule has 0 unspecified atom stereocenters. The largest absolute Gasteiger partial charge is 0.497 e. The van der Waals surface area contributed by atoms with E-state index in [0.29, 0.717) is 11.3 Å². The zero-order chi connectivity index (χ0) is 13.8. The molecule has 0 saturated heterocycles. The number of hydrogen-bond donors (Lipinski definition) is 3. The van der Waals surface area contributed by atoms with Gasteiger partial charge >= 0.3 is 0 Å². The summed E-state index contributed by atoms with van der Waals surface area (Å²) in [5.74, 6) is 5.98. The van der Waals surface area contributed by atoms with Crippen LogP contribution in [0.15, 0.2) is 29.1 Å². The van der Waals surface area contributed by atoms with Crippen LogP contribution in [0.3, 0.4) is 0 Å². The smallest absolute Gasteiger partial charge is 0.270 e. The van der Waals surface area contributed by atoms with Crippen LogP contribution in [-0.2, 0) is 0 Å². The van der Waals surface area contributed by atoms with Crippen LogP contribution in [0.4, 0.5) is 5.95 Å². The summed E-state index contributed by atoms with van der Waals surface area (Å²) in [5, 5.41) is 9.04. The first-order valence-electron chi connectivity index (χ1n) is 5.35. The Morgan fingerprint density at radius 1 is 1.42 bits per heavy atom. The van der Waals surface area contributed by atoms with Gasteiger partial charge in [0.2, 0.25) is 5.95 Å². The Morgan fingerprint density at radius 3 is 2.63 bits per heavy atom. The van der Waals surface area contributed by atoms with E-state index in [4.69, 9.17) is 15.8 Å².